The molecule has 2 aromatic rings. The van der Waals surface area contributed by atoms with E-state index in [0.717, 1.165) is 18.5 Å². The minimum Gasteiger partial charge on any atom is -0.359 e. The lowest BCUT2D eigenvalue weighted by Crippen LogP contribution is -2.44. The van der Waals surface area contributed by atoms with E-state index in [2.05, 4.69) is 29.3 Å². The Morgan fingerprint density at radius 2 is 1.96 bits per heavy atom. The van der Waals surface area contributed by atoms with Gasteiger partial charge in [-0.05, 0) is 37.5 Å². The molecular formula is C19H21FN2O. The van der Waals surface area contributed by atoms with Crippen LogP contribution in [0.2, 0.25) is 0 Å². The van der Waals surface area contributed by atoms with Crippen LogP contribution in [0.5, 0.6) is 0 Å². The van der Waals surface area contributed by atoms with Gasteiger partial charge >= 0.3 is 0 Å². The van der Waals surface area contributed by atoms with E-state index in [1.807, 2.05) is 12.1 Å². The summed E-state index contributed by atoms with van der Waals surface area (Å²) in [6.45, 7) is 2.65. The highest BCUT2D eigenvalue weighted by Gasteiger charge is 2.24. The SMILES string of the molecule is CC1CCc2ccccc2N1CC(=O)NCc1ccccc1F. The first-order valence-electron chi connectivity index (χ1n) is 8.00. The van der Waals surface area contributed by atoms with Crippen molar-refractivity contribution in [2.75, 3.05) is 11.4 Å². The molecule has 1 amide bonds. The van der Waals surface area contributed by atoms with Crippen molar-refractivity contribution in [3.63, 3.8) is 0 Å². The minimum absolute atomic E-state index is 0.0863. The van der Waals surface area contributed by atoms with E-state index in [1.54, 1.807) is 18.2 Å². The van der Waals surface area contributed by atoms with Crippen molar-refractivity contribution in [3.8, 4) is 0 Å². The zero-order chi connectivity index (χ0) is 16.2. The molecule has 120 valence electrons. The molecule has 0 saturated heterocycles. The summed E-state index contributed by atoms with van der Waals surface area (Å²) in [4.78, 5) is 14.4. The summed E-state index contributed by atoms with van der Waals surface area (Å²) in [6, 6.07) is 15.1. The number of halogens is 1. The lowest BCUT2D eigenvalue weighted by molar-refractivity contribution is -0.120. The Hall–Kier alpha value is -2.36. The zero-order valence-electron chi connectivity index (χ0n) is 13.3. The molecule has 0 bridgehead atoms. The quantitative estimate of drug-likeness (QED) is 0.939. The second kappa shape index (κ2) is 6.82. The molecular weight excluding hydrogens is 291 g/mol. The largest absolute Gasteiger partial charge is 0.359 e. The van der Waals surface area contributed by atoms with Gasteiger partial charge in [-0.15, -0.1) is 0 Å². The Bertz CT molecular complexity index is 701. The van der Waals surface area contributed by atoms with Crippen molar-refractivity contribution < 1.29 is 9.18 Å². The molecule has 0 aromatic heterocycles. The van der Waals surface area contributed by atoms with E-state index >= 15 is 0 Å². The lowest BCUT2D eigenvalue weighted by atomic mass is 9.96. The fourth-order valence-corrected chi connectivity index (χ4v) is 3.05. The topological polar surface area (TPSA) is 32.3 Å². The molecule has 1 heterocycles. The average molecular weight is 312 g/mol. The highest BCUT2D eigenvalue weighted by Crippen LogP contribution is 2.29. The van der Waals surface area contributed by atoms with Gasteiger partial charge in [0.05, 0.1) is 6.54 Å². The molecule has 0 spiro atoms. The molecule has 0 fully saturated rings. The van der Waals surface area contributed by atoms with E-state index in [9.17, 15) is 9.18 Å². The van der Waals surface area contributed by atoms with Crippen molar-refractivity contribution in [2.24, 2.45) is 0 Å². The van der Waals surface area contributed by atoms with E-state index < -0.39 is 0 Å². The van der Waals surface area contributed by atoms with E-state index in [0.29, 0.717) is 18.2 Å². The summed E-state index contributed by atoms with van der Waals surface area (Å²) in [7, 11) is 0. The van der Waals surface area contributed by atoms with Crippen LogP contribution in [0, 0.1) is 5.82 Å². The molecule has 1 aliphatic rings. The summed E-state index contributed by atoms with van der Waals surface area (Å²) in [5.41, 5.74) is 2.92. The Kier molecular flexibility index (Phi) is 4.60. The standard InChI is InChI=1S/C19H21FN2O/c1-14-10-11-15-6-3-5-9-18(15)22(14)13-19(23)21-12-16-7-2-4-8-17(16)20/h2-9,14H,10-13H2,1H3,(H,21,23). The predicted molar refractivity (Wildman–Crippen MR) is 89.8 cm³/mol. The van der Waals surface area contributed by atoms with E-state index in [1.165, 1.54) is 11.6 Å². The van der Waals surface area contributed by atoms with Crippen LogP contribution in [0.3, 0.4) is 0 Å². The molecule has 0 saturated carbocycles. The van der Waals surface area contributed by atoms with Gasteiger partial charge in [0.25, 0.3) is 0 Å². The maximum absolute atomic E-state index is 13.6. The Labute approximate surface area is 136 Å². The number of anilines is 1. The third kappa shape index (κ3) is 3.52. The summed E-state index contributed by atoms with van der Waals surface area (Å²) >= 11 is 0. The maximum Gasteiger partial charge on any atom is 0.239 e. The molecule has 0 aliphatic carbocycles. The third-order valence-electron chi connectivity index (χ3n) is 4.41. The van der Waals surface area contributed by atoms with Crippen LogP contribution in [0.15, 0.2) is 48.5 Å². The highest BCUT2D eigenvalue weighted by atomic mass is 19.1. The van der Waals surface area contributed by atoms with Gasteiger partial charge in [-0.25, -0.2) is 4.39 Å². The van der Waals surface area contributed by atoms with Crippen LogP contribution in [0.4, 0.5) is 10.1 Å². The first-order valence-corrected chi connectivity index (χ1v) is 8.00. The number of fused-ring (bicyclic) bond motifs is 1. The number of aryl methyl sites for hydroxylation is 1. The monoisotopic (exact) mass is 312 g/mol. The maximum atomic E-state index is 13.6. The second-order valence-electron chi connectivity index (χ2n) is 6.01. The number of hydrogen-bond donors (Lipinski definition) is 1. The van der Waals surface area contributed by atoms with E-state index in [4.69, 9.17) is 0 Å². The smallest absolute Gasteiger partial charge is 0.239 e. The Balaban J connectivity index is 1.65. The van der Waals surface area contributed by atoms with Crippen LogP contribution in [0.25, 0.3) is 0 Å². The van der Waals surface area contributed by atoms with Gasteiger partial charge in [0.15, 0.2) is 0 Å². The Morgan fingerprint density at radius 1 is 1.22 bits per heavy atom. The number of hydrogen-bond acceptors (Lipinski definition) is 2. The first-order chi connectivity index (χ1) is 11.1. The third-order valence-corrected chi connectivity index (χ3v) is 4.41. The zero-order valence-corrected chi connectivity index (χ0v) is 13.3. The van der Waals surface area contributed by atoms with Crippen LogP contribution >= 0.6 is 0 Å². The van der Waals surface area contributed by atoms with Crippen LogP contribution < -0.4 is 10.2 Å². The van der Waals surface area contributed by atoms with Gasteiger partial charge in [0.1, 0.15) is 5.82 Å². The van der Waals surface area contributed by atoms with Crippen molar-refractivity contribution in [3.05, 3.63) is 65.5 Å². The van der Waals surface area contributed by atoms with Gasteiger partial charge in [-0.3, -0.25) is 4.79 Å². The Morgan fingerprint density at radius 3 is 2.78 bits per heavy atom. The lowest BCUT2D eigenvalue weighted by Gasteiger charge is -2.36. The molecule has 2 aromatic carbocycles. The van der Waals surface area contributed by atoms with Gasteiger partial charge in [-0.1, -0.05) is 36.4 Å². The van der Waals surface area contributed by atoms with Crippen molar-refractivity contribution in [1.29, 1.82) is 0 Å². The molecule has 1 N–H and O–H groups in total. The number of benzene rings is 2. The van der Waals surface area contributed by atoms with Crippen LogP contribution in [0.1, 0.15) is 24.5 Å². The van der Waals surface area contributed by atoms with Gasteiger partial charge in [0, 0.05) is 23.8 Å². The number of carbonyl (C=O) groups excluding carboxylic acids is 1. The van der Waals surface area contributed by atoms with E-state index in [-0.39, 0.29) is 18.3 Å². The van der Waals surface area contributed by atoms with Crippen molar-refractivity contribution >= 4 is 11.6 Å². The fourth-order valence-electron chi connectivity index (χ4n) is 3.05. The number of carbonyl (C=O) groups is 1. The van der Waals surface area contributed by atoms with Crippen molar-refractivity contribution in [2.45, 2.75) is 32.4 Å². The van der Waals surface area contributed by atoms with Gasteiger partial charge in [-0.2, -0.15) is 0 Å². The summed E-state index contributed by atoms with van der Waals surface area (Å²) < 4.78 is 13.6. The summed E-state index contributed by atoms with van der Waals surface area (Å²) in [5.74, 6) is -0.374. The predicted octanol–water partition coefficient (Wildman–Crippen LogP) is 3.28. The number of rotatable bonds is 4. The van der Waals surface area contributed by atoms with Gasteiger partial charge in [0.2, 0.25) is 5.91 Å². The normalized spacial score (nSPS) is 16.8. The number of nitrogens with zero attached hydrogens (tertiary/aromatic N) is 1. The first kappa shape index (κ1) is 15.5. The summed E-state index contributed by atoms with van der Waals surface area (Å²) in [5, 5.41) is 2.82. The fraction of sp³-hybridized carbons (Fsp3) is 0.316. The van der Waals surface area contributed by atoms with Crippen LogP contribution in [-0.4, -0.2) is 18.5 Å². The molecule has 23 heavy (non-hydrogen) atoms. The minimum atomic E-state index is -0.288. The second-order valence-corrected chi connectivity index (χ2v) is 6.01. The number of nitrogens with one attached hydrogen (secondary N) is 1. The summed E-state index contributed by atoms with van der Waals surface area (Å²) in [6.07, 6.45) is 2.09. The highest BCUT2D eigenvalue weighted by molar-refractivity contribution is 5.82. The molecule has 0 radical (unpaired) electrons. The average Bonchev–Trinajstić information content (AvgIpc) is 2.57. The molecule has 4 heteroatoms. The molecule has 3 nitrogen and oxygen atoms in total. The van der Waals surface area contributed by atoms with Gasteiger partial charge < -0.3 is 10.2 Å². The molecule has 1 aliphatic heterocycles. The number of amides is 1. The number of para-hydroxylation sites is 1. The molecule has 3 rings (SSSR count). The van der Waals surface area contributed by atoms with Crippen LogP contribution in [-0.2, 0) is 17.8 Å². The molecule has 1 atom stereocenters. The molecule has 1 unspecified atom stereocenters. The van der Waals surface area contributed by atoms with Crippen molar-refractivity contribution in [1.82, 2.24) is 5.32 Å².